The highest BCUT2D eigenvalue weighted by Crippen LogP contribution is 2.15. The molecule has 29 heavy (non-hydrogen) atoms. The number of ether oxygens (including phenoxy) is 1. The molecule has 2 aromatic carbocycles. The van der Waals surface area contributed by atoms with Crippen LogP contribution in [0, 0.1) is 0 Å². The number of aromatic nitrogens is 1. The van der Waals surface area contributed by atoms with Gasteiger partial charge in [-0.3, -0.25) is 4.79 Å². The molecule has 0 aliphatic carbocycles. The van der Waals surface area contributed by atoms with Gasteiger partial charge in [0, 0.05) is 23.8 Å². The number of carbonyl (C=O) groups is 2. The number of hydrogen-bond acceptors (Lipinski definition) is 5. The van der Waals surface area contributed by atoms with E-state index in [1.807, 2.05) is 29.1 Å². The second kappa shape index (κ2) is 8.29. The van der Waals surface area contributed by atoms with E-state index < -0.39 is 28.0 Å². The molecule has 0 aliphatic heterocycles. The summed E-state index contributed by atoms with van der Waals surface area (Å²) in [6.07, 6.45) is 2.72. The van der Waals surface area contributed by atoms with Gasteiger partial charge in [0.05, 0.1) is 10.5 Å². The number of amides is 1. The van der Waals surface area contributed by atoms with Crippen LogP contribution in [0.5, 0.6) is 0 Å². The van der Waals surface area contributed by atoms with E-state index in [0.717, 1.165) is 5.69 Å². The number of carbonyl (C=O) groups excluding carboxylic acids is 2. The topological polar surface area (TPSA) is 120 Å². The van der Waals surface area contributed by atoms with Crippen molar-refractivity contribution in [3.05, 3.63) is 78.6 Å². The molecule has 1 atom stereocenters. The van der Waals surface area contributed by atoms with E-state index in [-0.39, 0.29) is 4.90 Å². The second-order valence-electron chi connectivity index (χ2n) is 6.24. The molecule has 1 heterocycles. The quantitative estimate of drug-likeness (QED) is 0.601. The first-order chi connectivity index (χ1) is 13.7. The maximum absolute atomic E-state index is 12.3. The fourth-order valence-corrected chi connectivity index (χ4v) is 3.05. The Morgan fingerprint density at radius 3 is 2.14 bits per heavy atom. The Hall–Kier alpha value is -3.43. The molecule has 9 heteroatoms. The largest absolute Gasteiger partial charge is 0.449 e. The first-order valence-electron chi connectivity index (χ1n) is 8.62. The van der Waals surface area contributed by atoms with Crippen molar-refractivity contribution >= 4 is 27.6 Å². The maximum atomic E-state index is 12.3. The molecule has 1 amide bonds. The summed E-state index contributed by atoms with van der Waals surface area (Å²) in [7, 11) is -3.81. The molecule has 150 valence electrons. The van der Waals surface area contributed by atoms with E-state index in [0.29, 0.717) is 11.3 Å². The zero-order valence-corrected chi connectivity index (χ0v) is 16.3. The van der Waals surface area contributed by atoms with Crippen LogP contribution in [0.4, 0.5) is 5.69 Å². The zero-order chi connectivity index (χ0) is 21.0. The van der Waals surface area contributed by atoms with Gasteiger partial charge in [-0.2, -0.15) is 0 Å². The van der Waals surface area contributed by atoms with Crippen LogP contribution in [0.3, 0.4) is 0 Å². The van der Waals surface area contributed by atoms with E-state index >= 15 is 0 Å². The van der Waals surface area contributed by atoms with Crippen molar-refractivity contribution < 1.29 is 22.7 Å². The molecule has 0 bridgehead atoms. The number of primary sulfonamides is 1. The average molecular weight is 413 g/mol. The van der Waals surface area contributed by atoms with Crippen LogP contribution >= 0.6 is 0 Å². The third-order valence-electron chi connectivity index (χ3n) is 4.11. The standard InChI is InChI=1S/C20H19N3O5S/c1-14(19(24)22-16-6-10-18(11-7-16)29(21,26)27)28-20(25)15-4-8-17(9-5-15)23-12-2-3-13-23/h2-14H,1H3,(H,22,24)(H2,21,26,27)/t14-/m0/s1. The van der Waals surface area contributed by atoms with Crippen molar-refractivity contribution in [3.63, 3.8) is 0 Å². The molecule has 0 saturated heterocycles. The monoisotopic (exact) mass is 413 g/mol. The molecular weight excluding hydrogens is 394 g/mol. The Bertz CT molecular complexity index is 1110. The fourth-order valence-electron chi connectivity index (χ4n) is 2.53. The van der Waals surface area contributed by atoms with Crippen LogP contribution < -0.4 is 10.5 Å². The van der Waals surface area contributed by atoms with Gasteiger partial charge in [-0.1, -0.05) is 0 Å². The van der Waals surface area contributed by atoms with Crippen LogP contribution in [-0.4, -0.2) is 31.0 Å². The van der Waals surface area contributed by atoms with Gasteiger partial charge in [-0.15, -0.1) is 0 Å². The van der Waals surface area contributed by atoms with Crippen molar-refractivity contribution in [3.8, 4) is 5.69 Å². The number of benzene rings is 2. The summed E-state index contributed by atoms with van der Waals surface area (Å²) < 4.78 is 29.6. The minimum absolute atomic E-state index is 0.0710. The summed E-state index contributed by atoms with van der Waals surface area (Å²) >= 11 is 0. The van der Waals surface area contributed by atoms with E-state index in [4.69, 9.17) is 9.88 Å². The highest BCUT2D eigenvalue weighted by molar-refractivity contribution is 7.89. The number of nitrogens with two attached hydrogens (primary N) is 1. The lowest BCUT2D eigenvalue weighted by Crippen LogP contribution is -2.30. The van der Waals surface area contributed by atoms with Gasteiger partial charge in [0.15, 0.2) is 6.10 Å². The first kappa shape index (κ1) is 20.3. The first-order valence-corrected chi connectivity index (χ1v) is 10.2. The third kappa shape index (κ3) is 5.09. The Balaban J connectivity index is 1.59. The van der Waals surface area contributed by atoms with Gasteiger partial charge >= 0.3 is 5.97 Å². The predicted molar refractivity (Wildman–Crippen MR) is 107 cm³/mol. The highest BCUT2D eigenvalue weighted by atomic mass is 32.2. The number of hydrogen-bond donors (Lipinski definition) is 2. The summed E-state index contributed by atoms with van der Waals surface area (Å²) in [6.45, 7) is 1.44. The number of nitrogens with zero attached hydrogens (tertiary/aromatic N) is 1. The lowest BCUT2D eigenvalue weighted by molar-refractivity contribution is -0.123. The zero-order valence-electron chi connectivity index (χ0n) is 15.5. The number of sulfonamides is 1. The molecular formula is C20H19N3O5S. The Morgan fingerprint density at radius 1 is 1.00 bits per heavy atom. The van der Waals surface area contributed by atoms with Crippen LogP contribution in [-0.2, 0) is 19.6 Å². The molecule has 3 N–H and O–H groups in total. The SMILES string of the molecule is C[C@H](OC(=O)c1ccc(-n2cccc2)cc1)C(=O)Nc1ccc(S(N)(=O)=O)cc1. The highest BCUT2D eigenvalue weighted by Gasteiger charge is 2.19. The Labute approximate surface area is 168 Å². The lowest BCUT2D eigenvalue weighted by atomic mass is 10.2. The van der Waals surface area contributed by atoms with E-state index in [9.17, 15) is 18.0 Å². The van der Waals surface area contributed by atoms with Gasteiger partial charge in [0.1, 0.15) is 0 Å². The summed E-state index contributed by atoms with van der Waals surface area (Å²) in [5.74, 6) is -1.18. The van der Waals surface area contributed by atoms with Crippen molar-refractivity contribution in [1.29, 1.82) is 0 Å². The number of rotatable bonds is 6. The Kier molecular flexibility index (Phi) is 5.81. The molecule has 0 aliphatic rings. The molecule has 0 unspecified atom stereocenters. The average Bonchev–Trinajstić information content (AvgIpc) is 3.22. The smallest absolute Gasteiger partial charge is 0.338 e. The Morgan fingerprint density at radius 2 is 1.59 bits per heavy atom. The van der Waals surface area contributed by atoms with Gasteiger partial charge < -0.3 is 14.6 Å². The number of nitrogens with one attached hydrogen (secondary N) is 1. The minimum Gasteiger partial charge on any atom is -0.449 e. The third-order valence-corrected chi connectivity index (χ3v) is 5.04. The van der Waals surface area contributed by atoms with Crippen LogP contribution in [0.25, 0.3) is 5.69 Å². The van der Waals surface area contributed by atoms with E-state index in [2.05, 4.69) is 5.32 Å². The second-order valence-corrected chi connectivity index (χ2v) is 7.80. The van der Waals surface area contributed by atoms with Crippen LogP contribution in [0.2, 0.25) is 0 Å². The predicted octanol–water partition coefficient (Wildman–Crippen LogP) is 2.31. The lowest BCUT2D eigenvalue weighted by Gasteiger charge is -2.14. The number of esters is 1. The van der Waals surface area contributed by atoms with Gasteiger partial charge in [-0.25, -0.2) is 18.4 Å². The van der Waals surface area contributed by atoms with Crippen molar-refractivity contribution in [2.45, 2.75) is 17.9 Å². The molecule has 0 spiro atoms. The molecule has 1 aromatic heterocycles. The van der Waals surface area contributed by atoms with E-state index in [1.165, 1.54) is 31.2 Å². The van der Waals surface area contributed by atoms with Crippen LogP contribution in [0.15, 0.2) is 78.0 Å². The maximum Gasteiger partial charge on any atom is 0.338 e. The number of anilines is 1. The fraction of sp³-hybridized carbons (Fsp3) is 0.100. The minimum atomic E-state index is -3.81. The molecule has 0 fully saturated rings. The molecule has 3 rings (SSSR count). The summed E-state index contributed by atoms with van der Waals surface area (Å²) in [6, 6.07) is 15.9. The summed E-state index contributed by atoms with van der Waals surface area (Å²) in [5, 5.41) is 7.58. The van der Waals surface area contributed by atoms with Crippen LogP contribution in [0.1, 0.15) is 17.3 Å². The van der Waals surface area contributed by atoms with Crippen molar-refractivity contribution in [1.82, 2.24) is 4.57 Å². The van der Waals surface area contributed by atoms with Gasteiger partial charge in [0.2, 0.25) is 10.0 Å². The summed E-state index contributed by atoms with van der Waals surface area (Å²) in [5.41, 5.74) is 1.56. The van der Waals surface area contributed by atoms with E-state index in [1.54, 1.807) is 24.3 Å². The normalized spacial score (nSPS) is 12.2. The van der Waals surface area contributed by atoms with Crippen molar-refractivity contribution in [2.75, 3.05) is 5.32 Å². The molecule has 8 nitrogen and oxygen atoms in total. The summed E-state index contributed by atoms with van der Waals surface area (Å²) in [4.78, 5) is 24.4. The van der Waals surface area contributed by atoms with Crippen molar-refractivity contribution in [2.24, 2.45) is 5.14 Å². The van der Waals surface area contributed by atoms with Gasteiger partial charge in [0.25, 0.3) is 5.91 Å². The molecule has 0 radical (unpaired) electrons. The van der Waals surface area contributed by atoms with Gasteiger partial charge in [-0.05, 0) is 67.6 Å². The molecule has 3 aromatic rings. The molecule has 0 saturated carbocycles.